The van der Waals surface area contributed by atoms with Crippen molar-refractivity contribution in [2.75, 3.05) is 25.0 Å². The molecule has 1 aliphatic heterocycles. The molecule has 2 heterocycles. The summed E-state index contributed by atoms with van der Waals surface area (Å²) in [5.41, 5.74) is 5.68. The standard InChI is InChI=1S/C39H47N5O3S/c1-10-12-19-43(20-13-11-2)38-41-34(33-25(3)21-29(22-26(33)4)39(6,7)8)32(48-38)23-30-27(5)31(24-40)37(47)44(36(30)46)42(9)35(45)28-17-15-14-16-18-28/h14-18,21-23H,10-13,19-20H2,1-9H3/b30-23-. The third kappa shape index (κ3) is 7.44. The number of carbonyl (C=O) groups excluding carboxylic acids is 3. The van der Waals surface area contributed by atoms with E-state index in [2.05, 4.69) is 65.5 Å². The third-order valence-corrected chi connectivity index (χ3v) is 9.78. The summed E-state index contributed by atoms with van der Waals surface area (Å²) in [7, 11) is 1.37. The van der Waals surface area contributed by atoms with Crippen LogP contribution in [0.25, 0.3) is 17.3 Å². The Hall–Kier alpha value is -4.55. The van der Waals surface area contributed by atoms with Crippen LogP contribution in [0, 0.1) is 25.2 Å². The van der Waals surface area contributed by atoms with Crippen molar-refractivity contribution in [1.29, 1.82) is 5.26 Å². The first-order valence-corrected chi connectivity index (χ1v) is 17.5. The molecule has 48 heavy (non-hydrogen) atoms. The van der Waals surface area contributed by atoms with Crippen LogP contribution in [0.15, 0.2) is 59.2 Å². The van der Waals surface area contributed by atoms with E-state index in [1.165, 1.54) is 23.9 Å². The molecule has 8 nitrogen and oxygen atoms in total. The van der Waals surface area contributed by atoms with Crippen molar-refractivity contribution in [2.24, 2.45) is 0 Å². The average molecular weight is 666 g/mol. The zero-order valence-corrected chi connectivity index (χ0v) is 30.5. The lowest BCUT2D eigenvalue weighted by molar-refractivity contribution is -0.153. The van der Waals surface area contributed by atoms with Crippen LogP contribution >= 0.6 is 11.3 Å². The van der Waals surface area contributed by atoms with E-state index in [0.717, 1.165) is 81.2 Å². The second kappa shape index (κ2) is 15.1. The average Bonchev–Trinajstić information content (AvgIpc) is 3.45. The summed E-state index contributed by atoms with van der Waals surface area (Å²) in [6.07, 6.45) is 5.91. The van der Waals surface area contributed by atoms with Gasteiger partial charge in [-0.1, -0.05) is 89.1 Å². The first kappa shape index (κ1) is 36.3. The second-order valence-corrected chi connectivity index (χ2v) is 14.4. The van der Waals surface area contributed by atoms with E-state index in [1.807, 2.05) is 6.07 Å². The van der Waals surface area contributed by atoms with Crippen LogP contribution in [0.1, 0.15) is 99.2 Å². The van der Waals surface area contributed by atoms with E-state index in [-0.39, 0.29) is 22.1 Å². The molecule has 3 aromatic rings. The maximum Gasteiger partial charge on any atom is 0.290 e. The minimum Gasteiger partial charge on any atom is -0.348 e. The van der Waals surface area contributed by atoms with Gasteiger partial charge in [-0.05, 0) is 79.5 Å². The largest absolute Gasteiger partial charge is 0.348 e. The summed E-state index contributed by atoms with van der Waals surface area (Å²) in [6.45, 7) is 18.5. The first-order valence-electron chi connectivity index (χ1n) is 16.7. The van der Waals surface area contributed by atoms with Crippen molar-refractivity contribution in [3.8, 4) is 17.3 Å². The van der Waals surface area contributed by atoms with Crippen molar-refractivity contribution >= 4 is 40.3 Å². The van der Waals surface area contributed by atoms with E-state index in [9.17, 15) is 19.6 Å². The van der Waals surface area contributed by atoms with Gasteiger partial charge in [0.2, 0.25) is 0 Å². The topological polar surface area (TPSA) is 97.6 Å². The molecule has 2 aromatic carbocycles. The molecule has 1 aliphatic rings. The Morgan fingerprint density at radius 2 is 1.56 bits per heavy atom. The molecule has 0 bridgehead atoms. The SMILES string of the molecule is CCCCN(CCCC)c1nc(-c2c(C)cc(C(C)(C)C)cc2C)c(/C=C2\C(=O)N(N(C)C(=O)c3ccccc3)C(=O)C(C#N)=C2C)s1. The Bertz CT molecular complexity index is 1780. The number of benzene rings is 2. The van der Waals surface area contributed by atoms with Gasteiger partial charge in [0.15, 0.2) is 5.13 Å². The van der Waals surface area contributed by atoms with Crippen molar-refractivity contribution in [3.63, 3.8) is 0 Å². The Kier molecular flexibility index (Phi) is 11.4. The molecule has 0 N–H and O–H groups in total. The van der Waals surface area contributed by atoms with E-state index in [4.69, 9.17) is 4.98 Å². The number of imide groups is 1. The van der Waals surface area contributed by atoms with Gasteiger partial charge < -0.3 is 4.90 Å². The summed E-state index contributed by atoms with van der Waals surface area (Å²) in [4.78, 5) is 49.5. The van der Waals surface area contributed by atoms with Gasteiger partial charge in [-0.25, -0.2) is 9.99 Å². The van der Waals surface area contributed by atoms with Gasteiger partial charge in [0.05, 0.1) is 10.6 Å². The normalized spacial score (nSPS) is 14.5. The Labute approximate surface area is 289 Å². The number of rotatable bonds is 11. The number of aryl methyl sites for hydroxylation is 2. The van der Waals surface area contributed by atoms with Crippen molar-refractivity contribution in [2.45, 2.75) is 86.5 Å². The van der Waals surface area contributed by atoms with E-state index in [0.29, 0.717) is 5.56 Å². The van der Waals surface area contributed by atoms with Crippen LogP contribution < -0.4 is 4.90 Å². The molecular formula is C39H47N5O3S. The third-order valence-electron chi connectivity index (χ3n) is 8.72. The van der Waals surface area contributed by atoms with Crippen molar-refractivity contribution in [3.05, 3.63) is 86.3 Å². The quantitative estimate of drug-likeness (QED) is 0.151. The van der Waals surface area contributed by atoms with E-state index in [1.54, 1.807) is 43.3 Å². The highest BCUT2D eigenvalue weighted by molar-refractivity contribution is 7.17. The molecule has 0 saturated carbocycles. The molecule has 0 aliphatic carbocycles. The monoisotopic (exact) mass is 665 g/mol. The van der Waals surface area contributed by atoms with Crippen molar-refractivity contribution < 1.29 is 14.4 Å². The maximum absolute atomic E-state index is 14.2. The summed E-state index contributed by atoms with van der Waals surface area (Å²) in [5, 5.41) is 12.7. The molecule has 0 atom stereocenters. The van der Waals surface area contributed by atoms with Crippen LogP contribution in [0.5, 0.6) is 0 Å². The molecule has 9 heteroatoms. The van der Waals surface area contributed by atoms with Gasteiger partial charge >= 0.3 is 0 Å². The fourth-order valence-electron chi connectivity index (χ4n) is 5.83. The predicted molar refractivity (Wildman–Crippen MR) is 194 cm³/mol. The number of hydrazine groups is 1. The molecule has 0 fully saturated rings. The number of thiazole rings is 1. The highest BCUT2D eigenvalue weighted by atomic mass is 32.1. The molecule has 252 valence electrons. The van der Waals surface area contributed by atoms with Crippen LogP contribution in [0.4, 0.5) is 5.13 Å². The number of nitriles is 1. The fraction of sp³-hybridized carbons (Fsp3) is 0.410. The molecule has 0 spiro atoms. The Morgan fingerprint density at radius 3 is 2.08 bits per heavy atom. The van der Waals surface area contributed by atoms with Gasteiger partial charge in [-0.2, -0.15) is 10.3 Å². The number of hydrogen-bond donors (Lipinski definition) is 0. The van der Waals surface area contributed by atoms with Crippen molar-refractivity contribution in [1.82, 2.24) is 15.0 Å². The van der Waals surface area contributed by atoms with Gasteiger partial charge in [0.25, 0.3) is 17.7 Å². The smallest absolute Gasteiger partial charge is 0.290 e. The lowest BCUT2D eigenvalue weighted by Crippen LogP contribution is -2.53. The summed E-state index contributed by atoms with van der Waals surface area (Å²) in [6, 6.07) is 14.8. The lowest BCUT2D eigenvalue weighted by Gasteiger charge is -2.33. The van der Waals surface area contributed by atoms with Crippen LogP contribution in [0.3, 0.4) is 0 Å². The second-order valence-electron chi connectivity index (χ2n) is 13.4. The minimum absolute atomic E-state index is 0.0352. The van der Waals surface area contributed by atoms with E-state index < -0.39 is 17.7 Å². The molecule has 1 aromatic heterocycles. The van der Waals surface area contributed by atoms with Gasteiger partial charge in [-0.3, -0.25) is 14.4 Å². The number of amides is 3. The highest BCUT2D eigenvalue weighted by Crippen LogP contribution is 2.41. The summed E-state index contributed by atoms with van der Waals surface area (Å²) < 4.78 is 0. The van der Waals surface area contributed by atoms with Crippen LogP contribution in [0.2, 0.25) is 0 Å². The molecular weight excluding hydrogens is 619 g/mol. The molecule has 3 amide bonds. The zero-order valence-electron chi connectivity index (χ0n) is 29.7. The Morgan fingerprint density at radius 1 is 0.979 bits per heavy atom. The van der Waals surface area contributed by atoms with Gasteiger partial charge in [0, 0.05) is 36.8 Å². The summed E-state index contributed by atoms with van der Waals surface area (Å²) >= 11 is 1.51. The van der Waals surface area contributed by atoms with Crippen LogP contribution in [-0.4, -0.2) is 52.9 Å². The number of carbonyl (C=O) groups is 3. The first-order chi connectivity index (χ1) is 22.7. The minimum atomic E-state index is -0.830. The fourth-order valence-corrected chi connectivity index (χ4v) is 6.90. The predicted octanol–water partition coefficient (Wildman–Crippen LogP) is 8.41. The molecule has 4 rings (SSSR count). The van der Waals surface area contributed by atoms with Crippen LogP contribution in [-0.2, 0) is 15.0 Å². The number of hydrogen-bond acceptors (Lipinski definition) is 7. The van der Waals surface area contributed by atoms with E-state index >= 15 is 0 Å². The summed E-state index contributed by atoms with van der Waals surface area (Å²) in [5.74, 6) is -2.04. The zero-order chi connectivity index (χ0) is 35.3. The highest BCUT2D eigenvalue weighted by Gasteiger charge is 2.40. The maximum atomic E-state index is 14.2. The molecule has 0 radical (unpaired) electrons. The number of unbranched alkanes of at least 4 members (excludes halogenated alkanes) is 2. The molecule has 0 unspecified atom stereocenters. The molecule has 0 saturated heterocycles. The number of nitrogens with zero attached hydrogens (tertiary/aromatic N) is 5. The Balaban J connectivity index is 1.94. The lowest BCUT2D eigenvalue weighted by atomic mass is 9.83. The number of anilines is 1. The van der Waals surface area contributed by atoms with Gasteiger partial charge in [-0.15, -0.1) is 0 Å². The number of aromatic nitrogens is 1. The van der Waals surface area contributed by atoms with Gasteiger partial charge in [0.1, 0.15) is 11.6 Å².